The Labute approximate surface area is 114 Å². The average molecular weight is 287 g/mol. The number of rotatable bonds is 6. The van der Waals surface area contributed by atoms with Gasteiger partial charge in [0.25, 0.3) is 0 Å². The Morgan fingerprint density at radius 1 is 1.28 bits per heavy atom. The first-order valence-corrected chi connectivity index (χ1v) is 9.02. The first-order chi connectivity index (χ1) is 8.29. The molecular formula is C13H21NO2S2. The van der Waals surface area contributed by atoms with Crippen LogP contribution in [0, 0.1) is 6.92 Å². The maximum atomic E-state index is 11.0. The minimum atomic E-state index is -2.88. The fraction of sp³-hybridized carbons (Fsp3) is 0.538. The lowest BCUT2D eigenvalue weighted by molar-refractivity contribution is 0.603. The summed E-state index contributed by atoms with van der Waals surface area (Å²) in [5, 5.41) is 0.203. The van der Waals surface area contributed by atoms with Crippen LogP contribution in [0.4, 0.5) is 0 Å². The Morgan fingerprint density at radius 2 is 1.83 bits per heavy atom. The Morgan fingerprint density at radius 3 is 2.33 bits per heavy atom. The summed E-state index contributed by atoms with van der Waals surface area (Å²) in [4.78, 5) is 0. The van der Waals surface area contributed by atoms with Crippen LogP contribution in [-0.2, 0) is 9.84 Å². The molecule has 5 heteroatoms. The molecule has 0 bridgehead atoms. The van der Waals surface area contributed by atoms with Crippen molar-refractivity contribution >= 4 is 21.6 Å². The van der Waals surface area contributed by atoms with E-state index >= 15 is 0 Å². The quantitative estimate of drug-likeness (QED) is 0.871. The zero-order chi connectivity index (χ0) is 13.8. The Hall–Kier alpha value is -0.520. The monoisotopic (exact) mass is 287 g/mol. The molecule has 0 aromatic heterocycles. The minimum Gasteiger partial charge on any atom is -0.323 e. The number of sulfone groups is 1. The third-order valence-electron chi connectivity index (χ3n) is 2.80. The molecule has 0 spiro atoms. The maximum absolute atomic E-state index is 11.0. The molecule has 3 nitrogen and oxygen atoms in total. The van der Waals surface area contributed by atoms with Crippen LogP contribution in [-0.4, -0.2) is 31.4 Å². The molecule has 0 radical (unpaired) electrons. The second-order valence-electron chi connectivity index (χ2n) is 4.64. The highest BCUT2D eigenvalue weighted by atomic mass is 32.2. The third-order valence-corrected chi connectivity index (χ3v) is 5.27. The summed E-state index contributed by atoms with van der Waals surface area (Å²) in [6.45, 7) is 4.08. The molecule has 0 fully saturated rings. The van der Waals surface area contributed by atoms with E-state index < -0.39 is 9.84 Å². The number of aryl methyl sites for hydroxylation is 1. The molecule has 1 aromatic carbocycles. The summed E-state index contributed by atoms with van der Waals surface area (Å²) in [7, 11) is -2.88. The molecule has 2 atom stereocenters. The highest BCUT2D eigenvalue weighted by Gasteiger charge is 2.15. The Kier molecular flexibility index (Phi) is 5.69. The van der Waals surface area contributed by atoms with Gasteiger partial charge in [0, 0.05) is 23.3 Å². The van der Waals surface area contributed by atoms with Crippen molar-refractivity contribution in [1.82, 2.24) is 0 Å². The highest BCUT2D eigenvalue weighted by molar-refractivity contribution is 8.01. The summed E-state index contributed by atoms with van der Waals surface area (Å²) >= 11 is 1.61. The summed E-state index contributed by atoms with van der Waals surface area (Å²) in [6.07, 6.45) is 1.26. The lowest BCUT2D eigenvalue weighted by atomic mass is 10.0. The molecule has 0 heterocycles. The first kappa shape index (κ1) is 15.5. The summed E-state index contributed by atoms with van der Waals surface area (Å²) in [5.74, 6) is 0.808. The molecule has 0 aliphatic heterocycles. The molecule has 2 unspecified atom stereocenters. The van der Waals surface area contributed by atoms with E-state index in [0.29, 0.717) is 5.75 Å². The summed E-state index contributed by atoms with van der Waals surface area (Å²) in [5.41, 5.74) is 8.48. The summed E-state index contributed by atoms with van der Waals surface area (Å²) < 4.78 is 22.1. The molecular weight excluding hydrogens is 266 g/mol. The zero-order valence-corrected chi connectivity index (χ0v) is 12.7. The van der Waals surface area contributed by atoms with Gasteiger partial charge in [-0.05, 0) is 12.5 Å². The van der Waals surface area contributed by atoms with Gasteiger partial charge in [0.05, 0.1) is 5.75 Å². The Balaban J connectivity index is 2.51. The largest absolute Gasteiger partial charge is 0.323 e. The smallest absolute Gasteiger partial charge is 0.148 e. The molecule has 2 N–H and O–H groups in total. The standard InChI is InChI=1S/C13H21NO2S2/c1-10-4-6-12(7-5-10)13(14)11(2)17-8-9-18(3,15)16/h4-7,11,13H,8-9,14H2,1-3H3. The van der Waals surface area contributed by atoms with Crippen molar-refractivity contribution < 1.29 is 8.42 Å². The zero-order valence-electron chi connectivity index (χ0n) is 11.1. The van der Waals surface area contributed by atoms with E-state index in [-0.39, 0.29) is 17.0 Å². The van der Waals surface area contributed by atoms with Crippen LogP contribution in [0.3, 0.4) is 0 Å². The van der Waals surface area contributed by atoms with E-state index in [2.05, 4.69) is 0 Å². The average Bonchev–Trinajstić information content (AvgIpc) is 2.27. The number of hydrogen-bond donors (Lipinski definition) is 1. The van der Waals surface area contributed by atoms with Gasteiger partial charge in [-0.15, -0.1) is 0 Å². The first-order valence-electron chi connectivity index (χ1n) is 5.91. The lowest BCUT2D eigenvalue weighted by Gasteiger charge is -2.20. The third kappa shape index (κ3) is 5.42. The van der Waals surface area contributed by atoms with Gasteiger partial charge in [-0.25, -0.2) is 8.42 Å². The molecule has 0 amide bonds. The normalized spacial score (nSPS) is 15.3. The number of hydrogen-bond acceptors (Lipinski definition) is 4. The van der Waals surface area contributed by atoms with Crippen LogP contribution in [0.2, 0.25) is 0 Å². The molecule has 102 valence electrons. The van der Waals surface area contributed by atoms with Crippen molar-refractivity contribution in [2.45, 2.75) is 25.1 Å². The highest BCUT2D eigenvalue weighted by Crippen LogP contribution is 2.24. The molecule has 18 heavy (non-hydrogen) atoms. The van der Waals surface area contributed by atoms with Gasteiger partial charge < -0.3 is 5.73 Å². The fourth-order valence-corrected chi connectivity index (χ4v) is 3.88. The van der Waals surface area contributed by atoms with E-state index in [4.69, 9.17) is 5.73 Å². The van der Waals surface area contributed by atoms with Crippen molar-refractivity contribution in [2.24, 2.45) is 5.73 Å². The molecule has 0 saturated heterocycles. The van der Waals surface area contributed by atoms with Crippen LogP contribution in [0.15, 0.2) is 24.3 Å². The van der Waals surface area contributed by atoms with Gasteiger partial charge in [-0.2, -0.15) is 11.8 Å². The van der Waals surface area contributed by atoms with Crippen molar-refractivity contribution in [3.8, 4) is 0 Å². The molecule has 1 aromatic rings. The van der Waals surface area contributed by atoms with Crippen LogP contribution < -0.4 is 5.73 Å². The van der Waals surface area contributed by atoms with Gasteiger partial charge in [0.15, 0.2) is 0 Å². The van der Waals surface area contributed by atoms with E-state index in [0.717, 1.165) is 5.56 Å². The second kappa shape index (κ2) is 6.59. The van der Waals surface area contributed by atoms with E-state index in [1.54, 1.807) is 11.8 Å². The molecule has 0 aliphatic carbocycles. The van der Waals surface area contributed by atoms with Gasteiger partial charge >= 0.3 is 0 Å². The van der Waals surface area contributed by atoms with Gasteiger partial charge in [-0.1, -0.05) is 36.8 Å². The van der Waals surface area contributed by atoms with Crippen LogP contribution in [0.25, 0.3) is 0 Å². The number of benzene rings is 1. The van der Waals surface area contributed by atoms with Crippen LogP contribution in [0.1, 0.15) is 24.1 Å². The van der Waals surface area contributed by atoms with Crippen molar-refractivity contribution in [2.75, 3.05) is 17.8 Å². The predicted octanol–water partition coefficient (Wildman–Crippen LogP) is 2.16. The molecule has 0 aliphatic rings. The minimum absolute atomic E-state index is 0.0600. The van der Waals surface area contributed by atoms with E-state index in [1.165, 1.54) is 11.8 Å². The fourth-order valence-electron chi connectivity index (χ4n) is 1.55. The SMILES string of the molecule is Cc1ccc(C(N)C(C)SCCS(C)(=O)=O)cc1. The van der Waals surface area contributed by atoms with Gasteiger partial charge in [0.1, 0.15) is 9.84 Å². The van der Waals surface area contributed by atoms with E-state index in [1.807, 2.05) is 38.1 Å². The number of thioether (sulfide) groups is 1. The predicted molar refractivity (Wildman–Crippen MR) is 79.7 cm³/mol. The topological polar surface area (TPSA) is 60.2 Å². The lowest BCUT2D eigenvalue weighted by Crippen LogP contribution is -2.22. The molecule has 1 rings (SSSR count). The van der Waals surface area contributed by atoms with Crippen LogP contribution >= 0.6 is 11.8 Å². The Bertz CT molecular complexity index is 468. The van der Waals surface area contributed by atoms with Crippen molar-refractivity contribution in [3.05, 3.63) is 35.4 Å². The van der Waals surface area contributed by atoms with Crippen LogP contribution in [0.5, 0.6) is 0 Å². The van der Waals surface area contributed by atoms with Gasteiger partial charge in [0.2, 0.25) is 0 Å². The summed E-state index contributed by atoms with van der Waals surface area (Å²) in [6, 6.07) is 8.10. The molecule has 0 saturated carbocycles. The van der Waals surface area contributed by atoms with E-state index in [9.17, 15) is 8.42 Å². The maximum Gasteiger partial charge on any atom is 0.148 e. The second-order valence-corrected chi connectivity index (χ2v) is 8.39. The number of nitrogens with two attached hydrogens (primary N) is 1. The van der Waals surface area contributed by atoms with Gasteiger partial charge in [-0.3, -0.25) is 0 Å². The van der Waals surface area contributed by atoms with Crippen molar-refractivity contribution in [1.29, 1.82) is 0 Å². The van der Waals surface area contributed by atoms with Crippen molar-refractivity contribution in [3.63, 3.8) is 0 Å².